The average Bonchev–Trinajstić information content (AvgIpc) is 2.67. The Balaban J connectivity index is 0.00000841. The van der Waals surface area contributed by atoms with Crippen LogP contribution in [0.25, 0.3) is 0 Å². The van der Waals surface area contributed by atoms with E-state index >= 15 is 0 Å². The minimum Gasteiger partial charge on any atom is -0.383 e. The number of nitrogens with one attached hydrogen (secondary N) is 2. The minimum absolute atomic E-state index is 0. The highest BCUT2D eigenvalue weighted by atomic mass is 127. The van der Waals surface area contributed by atoms with Crippen LogP contribution >= 0.6 is 24.0 Å². The van der Waals surface area contributed by atoms with Gasteiger partial charge in [-0.2, -0.15) is 0 Å². The maximum absolute atomic E-state index is 12.0. The summed E-state index contributed by atoms with van der Waals surface area (Å²) in [5, 5.41) is 6.31. The first kappa shape index (κ1) is 29.4. The third-order valence-corrected chi connectivity index (χ3v) is 5.16. The summed E-state index contributed by atoms with van der Waals surface area (Å²) < 4.78 is 4.96. The van der Waals surface area contributed by atoms with Gasteiger partial charge in [-0.15, -0.1) is 24.0 Å². The SMILES string of the molecule is CCNC(=NCCCN(C(C)C)C(C)C)N1CCN(CC(=O)NCCOC)CC1.I. The van der Waals surface area contributed by atoms with E-state index in [1.165, 1.54) is 0 Å². The third kappa shape index (κ3) is 11.7. The molecule has 1 aliphatic heterocycles. The number of hydrogen-bond acceptors (Lipinski definition) is 5. The molecular formula is C21H45IN6O2. The van der Waals surface area contributed by atoms with Crippen LogP contribution in [0.2, 0.25) is 0 Å². The Morgan fingerprint density at radius 3 is 2.27 bits per heavy atom. The van der Waals surface area contributed by atoms with Gasteiger partial charge in [0.15, 0.2) is 5.96 Å². The summed E-state index contributed by atoms with van der Waals surface area (Å²) in [4.78, 5) is 23.8. The highest BCUT2D eigenvalue weighted by Gasteiger charge is 2.21. The summed E-state index contributed by atoms with van der Waals surface area (Å²) in [5.74, 6) is 1.06. The highest BCUT2D eigenvalue weighted by Crippen LogP contribution is 2.06. The molecule has 0 unspecified atom stereocenters. The zero-order valence-electron chi connectivity index (χ0n) is 19.9. The quantitative estimate of drug-likeness (QED) is 0.169. The summed E-state index contributed by atoms with van der Waals surface area (Å²) in [6, 6.07) is 1.12. The van der Waals surface area contributed by atoms with Crippen LogP contribution in [-0.2, 0) is 9.53 Å². The topological polar surface area (TPSA) is 72.4 Å². The van der Waals surface area contributed by atoms with Gasteiger partial charge >= 0.3 is 0 Å². The molecule has 0 saturated carbocycles. The van der Waals surface area contributed by atoms with Crippen molar-refractivity contribution in [3.8, 4) is 0 Å². The predicted octanol–water partition coefficient (Wildman–Crippen LogP) is 1.46. The standard InChI is InChI=1S/C21H44N6O2.HI/c1-7-22-21(24-9-8-11-27(18(2)3)19(4)5)26-14-12-25(13-15-26)17-20(28)23-10-16-29-6;/h18-19H,7-17H2,1-6H3,(H,22,24)(H,23,28);1H. The van der Waals surface area contributed by atoms with E-state index in [-0.39, 0.29) is 29.9 Å². The van der Waals surface area contributed by atoms with Gasteiger partial charge in [0.05, 0.1) is 13.2 Å². The van der Waals surface area contributed by atoms with Crippen LogP contribution in [0.15, 0.2) is 4.99 Å². The lowest BCUT2D eigenvalue weighted by Gasteiger charge is -2.36. The Hall–Kier alpha value is -0.650. The van der Waals surface area contributed by atoms with Gasteiger partial charge in [-0.05, 0) is 41.0 Å². The molecule has 0 radical (unpaired) electrons. The lowest BCUT2D eigenvalue weighted by molar-refractivity contribution is -0.122. The number of ether oxygens (including phenoxy) is 1. The van der Waals surface area contributed by atoms with Gasteiger partial charge in [0.1, 0.15) is 0 Å². The van der Waals surface area contributed by atoms with Crippen LogP contribution < -0.4 is 10.6 Å². The lowest BCUT2D eigenvalue weighted by atomic mass is 10.2. The fourth-order valence-electron chi connectivity index (χ4n) is 3.65. The number of hydrogen-bond donors (Lipinski definition) is 2. The second-order valence-electron chi connectivity index (χ2n) is 8.12. The molecule has 1 aliphatic rings. The Labute approximate surface area is 201 Å². The highest BCUT2D eigenvalue weighted by molar-refractivity contribution is 14.0. The summed E-state index contributed by atoms with van der Waals surface area (Å²) in [6.45, 7) is 19.0. The summed E-state index contributed by atoms with van der Waals surface area (Å²) in [6.07, 6.45) is 1.06. The van der Waals surface area contributed by atoms with E-state index in [0.717, 1.165) is 58.2 Å². The van der Waals surface area contributed by atoms with Crippen LogP contribution in [0.4, 0.5) is 0 Å². The lowest BCUT2D eigenvalue weighted by Crippen LogP contribution is -2.54. The molecule has 30 heavy (non-hydrogen) atoms. The number of piperazine rings is 1. The number of carbonyl (C=O) groups excluding carboxylic acids is 1. The molecule has 0 bridgehead atoms. The van der Waals surface area contributed by atoms with E-state index in [9.17, 15) is 4.79 Å². The van der Waals surface area contributed by atoms with E-state index in [2.05, 4.69) is 60.0 Å². The molecule has 0 aliphatic carbocycles. The fourth-order valence-corrected chi connectivity index (χ4v) is 3.65. The van der Waals surface area contributed by atoms with Gasteiger partial charge < -0.3 is 20.3 Å². The predicted molar refractivity (Wildman–Crippen MR) is 136 cm³/mol. The Kier molecular flexibility index (Phi) is 16.6. The van der Waals surface area contributed by atoms with Crippen molar-refractivity contribution in [1.82, 2.24) is 25.3 Å². The molecule has 0 aromatic carbocycles. The summed E-state index contributed by atoms with van der Waals surface area (Å²) in [7, 11) is 1.64. The summed E-state index contributed by atoms with van der Waals surface area (Å²) in [5.41, 5.74) is 0. The van der Waals surface area contributed by atoms with Gasteiger partial charge in [-0.3, -0.25) is 19.6 Å². The molecule has 0 aromatic rings. The van der Waals surface area contributed by atoms with Crippen LogP contribution in [0, 0.1) is 0 Å². The van der Waals surface area contributed by atoms with E-state index in [4.69, 9.17) is 9.73 Å². The maximum Gasteiger partial charge on any atom is 0.234 e. The van der Waals surface area contributed by atoms with Crippen molar-refractivity contribution in [2.75, 3.05) is 72.6 Å². The Bertz CT molecular complexity index is 474. The first-order valence-corrected chi connectivity index (χ1v) is 11.2. The molecule has 1 heterocycles. The molecular weight excluding hydrogens is 495 g/mol. The van der Waals surface area contributed by atoms with Gasteiger partial charge in [-0.1, -0.05) is 0 Å². The molecule has 8 nitrogen and oxygen atoms in total. The van der Waals surface area contributed by atoms with Crippen molar-refractivity contribution in [1.29, 1.82) is 0 Å². The van der Waals surface area contributed by atoms with E-state index in [1.807, 2.05) is 0 Å². The van der Waals surface area contributed by atoms with Crippen molar-refractivity contribution in [3.63, 3.8) is 0 Å². The van der Waals surface area contributed by atoms with Crippen molar-refractivity contribution in [2.24, 2.45) is 4.99 Å². The smallest absolute Gasteiger partial charge is 0.234 e. The minimum atomic E-state index is 0. The number of amides is 1. The zero-order valence-corrected chi connectivity index (χ0v) is 22.3. The number of rotatable bonds is 12. The fraction of sp³-hybridized carbons (Fsp3) is 0.905. The van der Waals surface area contributed by atoms with Gasteiger partial charge in [0.2, 0.25) is 5.91 Å². The molecule has 9 heteroatoms. The average molecular weight is 541 g/mol. The first-order valence-electron chi connectivity index (χ1n) is 11.2. The number of carbonyl (C=O) groups is 1. The molecule has 0 spiro atoms. The number of nitrogens with zero attached hydrogens (tertiary/aromatic N) is 4. The van der Waals surface area contributed by atoms with Gasteiger partial charge in [-0.25, -0.2) is 0 Å². The van der Waals surface area contributed by atoms with Crippen molar-refractivity contribution < 1.29 is 9.53 Å². The third-order valence-electron chi connectivity index (χ3n) is 5.16. The number of aliphatic imine (C=N–C) groups is 1. The van der Waals surface area contributed by atoms with E-state index in [0.29, 0.717) is 31.8 Å². The molecule has 1 saturated heterocycles. The molecule has 1 fully saturated rings. The van der Waals surface area contributed by atoms with Crippen LogP contribution in [0.3, 0.4) is 0 Å². The van der Waals surface area contributed by atoms with Gasteiger partial charge in [0.25, 0.3) is 0 Å². The van der Waals surface area contributed by atoms with Crippen molar-refractivity contribution in [2.45, 2.75) is 53.1 Å². The first-order chi connectivity index (χ1) is 13.9. The van der Waals surface area contributed by atoms with Crippen molar-refractivity contribution in [3.05, 3.63) is 0 Å². The number of methoxy groups -OCH3 is 1. The second kappa shape index (κ2) is 17.0. The van der Waals surface area contributed by atoms with Crippen LogP contribution in [0.1, 0.15) is 41.0 Å². The largest absolute Gasteiger partial charge is 0.383 e. The van der Waals surface area contributed by atoms with E-state index < -0.39 is 0 Å². The van der Waals surface area contributed by atoms with Gasteiger partial charge in [0, 0.05) is 71.6 Å². The maximum atomic E-state index is 12.0. The molecule has 1 amide bonds. The molecule has 178 valence electrons. The monoisotopic (exact) mass is 540 g/mol. The Morgan fingerprint density at radius 2 is 1.73 bits per heavy atom. The molecule has 0 aromatic heterocycles. The van der Waals surface area contributed by atoms with Crippen LogP contribution in [0.5, 0.6) is 0 Å². The number of guanidine groups is 1. The van der Waals surface area contributed by atoms with Crippen LogP contribution in [-0.4, -0.2) is 111 Å². The van der Waals surface area contributed by atoms with Crippen molar-refractivity contribution >= 4 is 35.8 Å². The molecule has 1 rings (SSSR count). The molecule has 2 N–H and O–H groups in total. The Morgan fingerprint density at radius 1 is 1.10 bits per heavy atom. The second-order valence-corrected chi connectivity index (χ2v) is 8.12. The number of halogens is 1. The normalized spacial score (nSPS) is 15.6. The molecule has 0 atom stereocenters. The zero-order chi connectivity index (χ0) is 21.6. The summed E-state index contributed by atoms with van der Waals surface area (Å²) >= 11 is 0. The van der Waals surface area contributed by atoms with E-state index in [1.54, 1.807) is 7.11 Å².